The molecule has 4 heteroatoms. The van der Waals surface area contributed by atoms with Gasteiger partial charge in [0, 0.05) is 5.02 Å². The average Bonchev–Trinajstić information content (AvgIpc) is 2.03. The molecule has 0 radical (unpaired) electrons. The second-order valence-corrected chi connectivity index (χ2v) is 3.42. The Hall–Kier alpha value is -0.540. The van der Waals surface area contributed by atoms with Crippen LogP contribution in [-0.2, 0) is 4.79 Å². The van der Waals surface area contributed by atoms with Gasteiger partial charge in [0.25, 0.3) is 0 Å². The van der Waals surface area contributed by atoms with E-state index >= 15 is 0 Å². The molecule has 1 aromatic carbocycles. The van der Waals surface area contributed by atoms with Crippen LogP contribution < -0.4 is 4.74 Å². The fraction of sp³-hybridized carbons (Fsp3) is 0.125. The Bertz CT molecular complexity index is 271. The molecule has 0 heterocycles. The summed E-state index contributed by atoms with van der Waals surface area (Å²) < 4.78 is 4.88. The van der Waals surface area contributed by atoms with E-state index in [1.165, 1.54) is 0 Å². The fourth-order valence-corrected chi connectivity index (χ4v) is 0.911. The first-order valence-corrected chi connectivity index (χ1v) is 4.42. The second kappa shape index (κ2) is 4.48. The lowest BCUT2D eigenvalue weighted by atomic mass is 10.3. The van der Waals surface area contributed by atoms with Gasteiger partial charge in [-0.1, -0.05) is 11.6 Å². The summed E-state index contributed by atoms with van der Waals surface area (Å²) in [6, 6.07) is 6.82. The van der Waals surface area contributed by atoms with Crippen LogP contribution in [0.15, 0.2) is 24.3 Å². The van der Waals surface area contributed by atoms with Gasteiger partial charge in [0.2, 0.25) is 4.69 Å². The zero-order valence-electron chi connectivity index (χ0n) is 6.09. The van der Waals surface area contributed by atoms with E-state index in [1.54, 1.807) is 24.3 Å². The Morgan fingerprint density at radius 1 is 1.42 bits per heavy atom. The second-order valence-electron chi connectivity index (χ2n) is 2.10. The maximum absolute atomic E-state index is 10.4. The van der Waals surface area contributed by atoms with Crippen LogP contribution in [0.25, 0.3) is 0 Å². The first kappa shape index (κ1) is 9.55. The summed E-state index contributed by atoms with van der Waals surface area (Å²) in [5, 5.41) is 0.646. The summed E-state index contributed by atoms with van der Waals surface area (Å²) in [7, 11) is 0. The minimum atomic E-state index is -0.183. The first-order valence-electron chi connectivity index (χ1n) is 3.25. The van der Waals surface area contributed by atoms with Gasteiger partial charge in [0.15, 0.2) is 6.61 Å². The number of ether oxygens (including phenoxy) is 1. The molecule has 0 bridgehead atoms. The van der Waals surface area contributed by atoms with E-state index in [0.29, 0.717) is 10.8 Å². The molecule has 0 spiro atoms. The summed E-state index contributed by atoms with van der Waals surface area (Å²) in [5.41, 5.74) is 0. The Morgan fingerprint density at radius 2 is 2.00 bits per heavy atom. The highest BCUT2D eigenvalue weighted by molar-refractivity contribution is 9.18. The highest BCUT2D eigenvalue weighted by Crippen LogP contribution is 2.15. The number of hydrogen-bond donors (Lipinski definition) is 0. The zero-order valence-corrected chi connectivity index (χ0v) is 8.43. The third-order valence-corrected chi connectivity index (χ3v) is 1.65. The molecule has 0 saturated heterocycles. The van der Waals surface area contributed by atoms with Gasteiger partial charge >= 0.3 is 0 Å². The third-order valence-electron chi connectivity index (χ3n) is 1.17. The lowest BCUT2D eigenvalue weighted by molar-refractivity contribution is -0.112. The first-order chi connectivity index (χ1) is 5.68. The summed E-state index contributed by atoms with van der Waals surface area (Å²) >= 11 is 8.40. The minimum Gasteiger partial charge on any atom is -0.485 e. The Morgan fingerprint density at radius 3 is 2.50 bits per heavy atom. The van der Waals surface area contributed by atoms with Crippen LogP contribution >= 0.6 is 27.5 Å². The summed E-state index contributed by atoms with van der Waals surface area (Å²) in [6.07, 6.45) is 0. The standard InChI is InChI=1S/C8H6BrClO2/c9-8(11)5-12-7-3-1-6(10)2-4-7/h1-4H,5H2. The van der Waals surface area contributed by atoms with E-state index in [9.17, 15) is 4.79 Å². The predicted octanol–water partition coefficient (Wildman–Crippen LogP) is 2.64. The topological polar surface area (TPSA) is 26.3 Å². The fourth-order valence-electron chi connectivity index (χ4n) is 0.671. The van der Waals surface area contributed by atoms with Crippen LogP contribution in [0.3, 0.4) is 0 Å². The van der Waals surface area contributed by atoms with Gasteiger partial charge in [-0.3, -0.25) is 4.79 Å². The van der Waals surface area contributed by atoms with Crippen molar-refractivity contribution >= 4 is 32.2 Å². The molecule has 0 saturated carbocycles. The largest absolute Gasteiger partial charge is 0.485 e. The van der Waals surface area contributed by atoms with Crippen molar-refractivity contribution in [2.45, 2.75) is 0 Å². The van der Waals surface area contributed by atoms with Crippen molar-refractivity contribution in [2.75, 3.05) is 6.61 Å². The van der Waals surface area contributed by atoms with E-state index in [2.05, 4.69) is 15.9 Å². The molecule has 0 atom stereocenters. The van der Waals surface area contributed by atoms with E-state index < -0.39 is 0 Å². The van der Waals surface area contributed by atoms with Crippen LogP contribution in [0.2, 0.25) is 5.02 Å². The molecule has 2 nitrogen and oxygen atoms in total. The van der Waals surface area contributed by atoms with Gasteiger partial charge < -0.3 is 4.74 Å². The highest BCUT2D eigenvalue weighted by Gasteiger charge is 1.96. The summed E-state index contributed by atoms with van der Waals surface area (Å²) in [6.45, 7) is 0.0294. The van der Waals surface area contributed by atoms with E-state index in [4.69, 9.17) is 16.3 Å². The minimum absolute atomic E-state index is 0.0294. The van der Waals surface area contributed by atoms with Gasteiger partial charge in [-0.25, -0.2) is 0 Å². The molecule has 0 aliphatic carbocycles. The number of halogens is 2. The predicted molar refractivity (Wildman–Crippen MR) is 50.9 cm³/mol. The van der Waals surface area contributed by atoms with Crippen LogP contribution in [0.1, 0.15) is 0 Å². The third kappa shape index (κ3) is 3.24. The van der Waals surface area contributed by atoms with Crippen LogP contribution in [0.5, 0.6) is 5.75 Å². The van der Waals surface area contributed by atoms with Crippen molar-refractivity contribution in [3.05, 3.63) is 29.3 Å². The summed E-state index contributed by atoms with van der Waals surface area (Å²) in [5.74, 6) is 0.632. The molecule has 1 rings (SSSR count). The molecule has 0 aliphatic rings. The Labute approximate surface area is 83.6 Å². The van der Waals surface area contributed by atoms with E-state index in [1.807, 2.05) is 0 Å². The van der Waals surface area contributed by atoms with Gasteiger partial charge in [0.1, 0.15) is 5.75 Å². The molecule has 0 N–H and O–H groups in total. The Kier molecular flexibility index (Phi) is 3.56. The van der Waals surface area contributed by atoms with E-state index in [-0.39, 0.29) is 11.3 Å². The maximum atomic E-state index is 10.4. The van der Waals surface area contributed by atoms with Crippen molar-refractivity contribution in [2.24, 2.45) is 0 Å². The van der Waals surface area contributed by atoms with Gasteiger partial charge in [-0.15, -0.1) is 0 Å². The zero-order chi connectivity index (χ0) is 8.97. The van der Waals surface area contributed by atoms with Crippen LogP contribution in [0.4, 0.5) is 0 Å². The number of benzene rings is 1. The van der Waals surface area contributed by atoms with E-state index in [0.717, 1.165) is 0 Å². The molecular formula is C8H6BrClO2. The van der Waals surface area contributed by atoms with Gasteiger partial charge in [-0.05, 0) is 40.2 Å². The number of carbonyl (C=O) groups excluding carboxylic acids is 1. The molecule has 12 heavy (non-hydrogen) atoms. The van der Waals surface area contributed by atoms with Crippen LogP contribution in [0, 0.1) is 0 Å². The van der Waals surface area contributed by atoms with Crippen LogP contribution in [-0.4, -0.2) is 11.3 Å². The lowest BCUT2D eigenvalue weighted by Crippen LogP contribution is -2.03. The SMILES string of the molecule is O=C(Br)COc1ccc(Cl)cc1. The van der Waals surface area contributed by atoms with Gasteiger partial charge in [-0.2, -0.15) is 0 Å². The molecule has 64 valence electrons. The number of rotatable bonds is 3. The molecule has 1 aromatic rings. The maximum Gasteiger partial charge on any atom is 0.235 e. The van der Waals surface area contributed by atoms with Crippen molar-refractivity contribution in [3.8, 4) is 5.75 Å². The number of hydrogen-bond acceptors (Lipinski definition) is 2. The van der Waals surface area contributed by atoms with Crippen molar-refractivity contribution in [3.63, 3.8) is 0 Å². The monoisotopic (exact) mass is 248 g/mol. The molecular weight excluding hydrogens is 243 g/mol. The normalized spacial score (nSPS) is 9.50. The molecule has 0 fully saturated rings. The van der Waals surface area contributed by atoms with Crippen molar-refractivity contribution in [1.82, 2.24) is 0 Å². The summed E-state index contributed by atoms with van der Waals surface area (Å²) in [4.78, 5) is 10.4. The molecule has 0 aliphatic heterocycles. The smallest absolute Gasteiger partial charge is 0.235 e. The molecule has 0 amide bonds. The van der Waals surface area contributed by atoms with Gasteiger partial charge in [0.05, 0.1) is 0 Å². The average molecular weight is 249 g/mol. The molecule has 0 unspecified atom stereocenters. The highest BCUT2D eigenvalue weighted by atomic mass is 79.9. The quantitative estimate of drug-likeness (QED) is 0.770. The Balaban J connectivity index is 2.53. The van der Waals surface area contributed by atoms with Crippen molar-refractivity contribution in [1.29, 1.82) is 0 Å². The van der Waals surface area contributed by atoms with Crippen molar-refractivity contribution < 1.29 is 9.53 Å². The molecule has 0 aromatic heterocycles. The lowest BCUT2D eigenvalue weighted by Gasteiger charge is -2.01. The number of carbonyl (C=O) groups is 1.